The minimum Gasteiger partial charge on any atom is -0.326 e. The maximum absolute atomic E-state index is 12.2. The Kier molecular flexibility index (Phi) is 20.1. The first-order valence-corrected chi connectivity index (χ1v) is 16.5. The van der Waals surface area contributed by atoms with Crippen LogP contribution in [0.1, 0.15) is 135 Å². The molecule has 0 aromatic heterocycles. The molecule has 6 heteroatoms. The van der Waals surface area contributed by atoms with Gasteiger partial charge in [0, 0.05) is 18.7 Å². The highest BCUT2D eigenvalue weighted by Crippen LogP contribution is 2.16. The van der Waals surface area contributed by atoms with Crippen LogP contribution in [-0.2, 0) is 14.8 Å². The molecule has 0 atom stereocenters. The lowest BCUT2D eigenvalue weighted by molar-refractivity contribution is -0.116. The first-order chi connectivity index (χ1) is 18.0. The molecule has 1 aromatic carbocycles. The molecule has 1 rings (SSSR count). The topological polar surface area (TPSA) is 75.3 Å². The van der Waals surface area contributed by atoms with Crippen LogP contribution in [0.5, 0.6) is 0 Å². The van der Waals surface area contributed by atoms with E-state index >= 15 is 0 Å². The molecule has 0 radical (unpaired) electrons. The van der Waals surface area contributed by atoms with Gasteiger partial charge in [0.1, 0.15) is 0 Å². The molecule has 5 nitrogen and oxygen atoms in total. The van der Waals surface area contributed by atoms with Gasteiger partial charge in [-0.15, -0.1) is 6.58 Å². The Morgan fingerprint density at radius 3 is 1.51 bits per heavy atom. The molecular formula is C31H54N2O3S. The minimum atomic E-state index is -3.54. The van der Waals surface area contributed by atoms with Crippen LogP contribution in [0.25, 0.3) is 0 Å². The molecule has 1 aromatic rings. The Morgan fingerprint density at radius 2 is 1.11 bits per heavy atom. The average molecular weight is 535 g/mol. The second kappa shape index (κ2) is 22.3. The maximum atomic E-state index is 12.2. The van der Waals surface area contributed by atoms with E-state index < -0.39 is 10.0 Å². The smallest absolute Gasteiger partial charge is 0.240 e. The van der Waals surface area contributed by atoms with E-state index in [-0.39, 0.29) is 17.3 Å². The number of anilines is 1. The minimum absolute atomic E-state index is 0.0210. The van der Waals surface area contributed by atoms with Crippen LogP contribution in [0.4, 0.5) is 5.69 Å². The predicted octanol–water partition coefficient (Wildman–Crippen LogP) is 8.91. The van der Waals surface area contributed by atoms with Gasteiger partial charge in [0.05, 0.1) is 4.90 Å². The Morgan fingerprint density at radius 1 is 0.703 bits per heavy atom. The van der Waals surface area contributed by atoms with Crippen LogP contribution < -0.4 is 10.0 Å². The number of hydrogen-bond acceptors (Lipinski definition) is 3. The van der Waals surface area contributed by atoms with Gasteiger partial charge in [-0.3, -0.25) is 4.79 Å². The standard InChI is InChI=1S/C31H54N2O3S/c1-3-5-6-7-8-9-10-11-12-13-14-15-16-17-18-19-20-21-22-23-31(34)33-29-24-26-30(27-25-29)37(35,36)32-28-4-2/h4,24-27,32H,2-3,5-23,28H2,1H3,(H,33,34). The van der Waals surface area contributed by atoms with Crippen LogP contribution in [0, 0.1) is 0 Å². The number of benzene rings is 1. The van der Waals surface area contributed by atoms with Crippen LogP contribution in [0.15, 0.2) is 41.8 Å². The molecule has 0 saturated heterocycles. The number of nitrogens with one attached hydrogen (secondary N) is 2. The van der Waals surface area contributed by atoms with E-state index in [2.05, 4.69) is 23.5 Å². The fraction of sp³-hybridized carbons (Fsp3) is 0.710. The molecular weight excluding hydrogens is 480 g/mol. The van der Waals surface area contributed by atoms with Gasteiger partial charge in [-0.25, -0.2) is 13.1 Å². The summed E-state index contributed by atoms with van der Waals surface area (Å²) in [5.74, 6) is -0.0210. The largest absolute Gasteiger partial charge is 0.326 e. The predicted molar refractivity (Wildman–Crippen MR) is 158 cm³/mol. The highest BCUT2D eigenvalue weighted by Gasteiger charge is 2.12. The van der Waals surface area contributed by atoms with Crippen LogP contribution in [-0.4, -0.2) is 20.9 Å². The van der Waals surface area contributed by atoms with Gasteiger partial charge in [-0.1, -0.05) is 129 Å². The van der Waals surface area contributed by atoms with Crippen molar-refractivity contribution in [2.75, 3.05) is 11.9 Å². The number of rotatable bonds is 25. The Balaban J connectivity index is 1.92. The normalized spacial score (nSPS) is 11.5. The number of sulfonamides is 1. The summed E-state index contributed by atoms with van der Waals surface area (Å²) in [4.78, 5) is 12.3. The molecule has 0 bridgehead atoms. The summed E-state index contributed by atoms with van der Waals surface area (Å²) in [6.07, 6.45) is 27.4. The first kappa shape index (κ1) is 33.4. The fourth-order valence-corrected chi connectivity index (χ4v) is 5.56. The van der Waals surface area contributed by atoms with E-state index in [1.54, 1.807) is 12.1 Å². The first-order valence-electron chi connectivity index (χ1n) is 15.0. The molecule has 0 aliphatic rings. The summed E-state index contributed by atoms with van der Waals surface area (Å²) >= 11 is 0. The second-order valence-corrected chi connectivity index (χ2v) is 12.1. The molecule has 0 aliphatic heterocycles. The van der Waals surface area contributed by atoms with Crippen LogP contribution >= 0.6 is 0 Å². The van der Waals surface area contributed by atoms with Crippen molar-refractivity contribution in [3.63, 3.8) is 0 Å². The zero-order valence-corrected chi connectivity index (χ0v) is 24.4. The number of hydrogen-bond donors (Lipinski definition) is 2. The third-order valence-electron chi connectivity index (χ3n) is 6.87. The summed E-state index contributed by atoms with van der Waals surface area (Å²) in [5.41, 5.74) is 0.616. The summed E-state index contributed by atoms with van der Waals surface area (Å²) in [7, 11) is -3.54. The average Bonchev–Trinajstić information content (AvgIpc) is 2.89. The third kappa shape index (κ3) is 18.3. The van der Waals surface area contributed by atoms with E-state index in [0.717, 1.165) is 12.8 Å². The third-order valence-corrected chi connectivity index (χ3v) is 8.31. The zero-order chi connectivity index (χ0) is 27.0. The molecule has 2 N–H and O–H groups in total. The number of unbranched alkanes of at least 4 members (excludes halogenated alkanes) is 18. The van der Waals surface area contributed by atoms with Crippen molar-refractivity contribution in [3.05, 3.63) is 36.9 Å². The monoisotopic (exact) mass is 534 g/mol. The second-order valence-electron chi connectivity index (χ2n) is 10.3. The highest BCUT2D eigenvalue weighted by atomic mass is 32.2. The molecule has 0 unspecified atom stereocenters. The summed E-state index contributed by atoms with van der Waals surface area (Å²) in [5, 5.41) is 2.85. The highest BCUT2D eigenvalue weighted by molar-refractivity contribution is 7.89. The van der Waals surface area contributed by atoms with Crippen molar-refractivity contribution in [1.29, 1.82) is 0 Å². The van der Waals surface area contributed by atoms with E-state index in [1.165, 1.54) is 127 Å². The van der Waals surface area contributed by atoms with Crippen molar-refractivity contribution < 1.29 is 13.2 Å². The van der Waals surface area contributed by atoms with Crippen LogP contribution in [0.3, 0.4) is 0 Å². The van der Waals surface area contributed by atoms with E-state index in [0.29, 0.717) is 12.1 Å². The molecule has 0 spiro atoms. The fourth-order valence-electron chi connectivity index (χ4n) is 4.56. The molecule has 37 heavy (non-hydrogen) atoms. The molecule has 0 aliphatic carbocycles. The molecule has 0 saturated carbocycles. The molecule has 0 heterocycles. The van der Waals surface area contributed by atoms with Gasteiger partial charge in [0.25, 0.3) is 0 Å². The Bertz CT molecular complexity index is 806. The Hall–Kier alpha value is -1.66. The maximum Gasteiger partial charge on any atom is 0.240 e. The van der Waals surface area contributed by atoms with Gasteiger partial charge in [-0.05, 0) is 30.7 Å². The summed E-state index contributed by atoms with van der Waals surface area (Å²) in [6.45, 7) is 5.97. The lowest BCUT2D eigenvalue weighted by Gasteiger charge is -2.08. The van der Waals surface area contributed by atoms with E-state index in [1.807, 2.05) is 0 Å². The van der Waals surface area contributed by atoms with E-state index in [4.69, 9.17) is 0 Å². The van der Waals surface area contributed by atoms with Crippen LogP contribution in [0.2, 0.25) is 0 Å². The quantitative estimate of drug-likeness (QED) is 0.0971. The molecule has 0 fully saturated rings. The van der Waals surface area contributed by atoms with Crippen molar-refractivity contribution in [3.8, 4) is 0 Å². The van der Waals surface area contributed by atoms with Gasteiger partial charge in [-0.2, -0.15) is 0 Å². The van der Waals surface area contributed by atoms with Gasteiger partial charge in [0.2, 0.25) is 15.9 Å². The SMILES string of the molecule is C=CCNS(=O)(=O)c1ccc(NC(=O)CCCCCCCCCCCCCCCCCCCCC)cc1. The zero-order valence-electron chi connectivity index (χ0n) is 23.6. The number of carbonyl (C=O) groups excluding carboxylic acids is 1. The molecule has 1 amide bonds. The van der Waals surface area contributed by atoms with Gasteiger partial charge < -0.3 is 5.32 Å². The lowest BCUT2D eigenvalue weighted by atomic mass is 10.0. The lowest BCUT2D eigenvalue weighted by Crippen LogP contribution is -2.23. The van der Waals surface area contributed by atoms with Crippen molar-refractivity contribution in [2.45, 2.75) is 140 Å². The van der Waals surface area contributed by atoms with Gasteiger partial charge in [0.15, 0.2) is 0 Å². The van der Waals surface area contributed by atoms with E-state index in [9.17, 15) is 13.2 Å². The Labute approximate surface area is 228 Å². The van der Waals surface area contributed by atoms with Crippen molar-refractivity contribution in [1.82, 2.24) is 4.72 Å². The van der Waals surface area contributed by atoms with Gasteiger partial charge >= 0.3 is 0 Å². The van der Waals surface area contributed by atoms with Crippen molar-refractivity contribution >= 4 is 21.6 Å². The number of carbonyl (C=O) groups is 1. The molecule has 212 valence electrons. The number of amides is 1. The summed E-state index contributed by atoms with van der Waals surface area (Å²) in [6, 6.07) is 6.24. The summed E-state index contributed by atoms with van der Waals surface area (Å²) < 4.78 is 26.6. The van der Waals surface area contributed by atoms with Crippen molar-refractivity contribution in [2.24, 2.45) is 0 Å².